The molecule has 2 aromatic carbocycles. The van der Waals surface area contributed by atoms with Gasteiger partial charge in [-0.2, -0.15) is 5.10 Å². The maximum Gasteiger partial charge on any atom is 0.262 e. The predicted molar refractivity (Wildman–Crippen MR) is 127 cm³/mol. The lowest BCUT2D eigenvalue weighted by molar-refractivity contribution is -0.123. The maximum atomic E-state index is 12.8. The zero-order valence-electron chi connectivity index (χ0n) is 19.2. The molecule has 0 spiro atoms. The number of carbonyl (C=O) groups is 2. The molecule has 0 fully saturated rings. The third-order valence-electron chi connectivity index (χ3n) is 5.58. The SMILES string of the molecule is CC(C)C(NC(=O)c1ccc2c(c1)OCO2)C(=O)NN=Cc1cn(C(C)C)c2ccccc12. The lowest BCUT2D eigenvalue weighted by atomic mass is 10.0. The van der Waals surface area contributed by atoms with Crippen molar-refractivity contribution in [2.45, 2.75) is 39.8 Å². The summed E-state index contributed by atoms with van der Waals surface area (Å²) in [4.78, 5) is 25.6. The van der Waals surface area contributed by atoms with Gasteiger partial charge in [0.25, 0.3) is 11.8 Å². The molecule has 0 aliphatic carbocycles. The lowest BCUT2D eigenvalue weighted by Gasteiger charge is -2.20. The molecule has 0 saturated heterocycles. The van der Waals surface area contributed by atoms with Gasteiger partial charge in [-0.05, 0) is 44.0 Å². The second kappa shape index (κ2) is 9.36. The molecule has 1 aromatic heterocycles. The van der Waals surface area contributed by atoms with Crippen LogP contribution in [0.25, 0.3) is 10.9 Å². The van der Waals surface area contributed by atoms with E-state index >= 15 is 0 Å². The summed E-state index contributed by atoms with van der Waals surface area (Å²) >= 11 is 0. The van der Waals surface area contributed by atoms with Crippen molar-refractivity contribution >= 4 is 28.9 Å². The second-order valence-corrected chi connectivity index (χ2v) is 8.60. The zero-order valence-corrected chi connectivity index (χ0v) is 19.2. The van der Waals surface area contributed by atoms with Crippen molar-refractivity contribution in [2.75, 3.05) is 6.79 Å². The van der Waals surface area contributed by atoms with Gasteiger partial charge >= 0.3 is 0 Å². The minimum atomic E-state index is -0.753. The Morgan fingerprint density at radius 3 is 2.58 bits per heavy atom. The van der Waals surface area contributed by atoms with Crippen LogP contribution >= 0.6 is 0 Å². The van der Waals surface area contributed by atoms with Crippen molar-refractivity contribution in [3.63, 3.8) is 0 Å². The fourth-order valence-corrected chi connectivity index (χ4v) is 3.79. The minimum Gasteiger partial charge on any atom is -0.454 e. The van der Waals surface area contributed by atoms with Crippen molar-refractivity contribution in [3.8, 4) is 11.5 Å². The number of aromatic nitrogens is 1. The standard InChI is InChI=1S/C25H28N4O4/c1-15(2)23(27-24(30)17-9-10-21-22(11-17)33-14-32-21)25(31)28-26-12-18-13-29(16(3)4)20-8-6-5-7-19(18)20/h5-13,15-16,23H,14H2,1-4H3,(H,27,30)(H,28,31). The van der Waals surface area contributed by atoms with Crippen LogP contribution in [0.1, 0.15) is 49.7 Å². The topological polar surface area (TPSA) is 93.9 Å². The molecule has 0 radical (unpaired) electrons. The van der Waals surface area contributed by atoms with E-state index in [2.05, 4.69) is 40.3 Å². The van der Waals surface area contributed by atoms with Gasteiger partial charge in [-0.1, -0.05) is 32.0 Å². The number of carbonyl (C=O) groups excluding carboxylic acids is 2. The first kappa shape index (κ1) is 22.4. The molecule has 1 atom stereocenters. The Morgan fingerprint density at radius 2 is 1.82 bits per heavy atom. The van der Waals surface area contributed by atoms with E-state index in [4.69, 9.17) is 9.47 Å². The van der Waals surface area contributed by atoms with E-state index in [9.17, 15) is 9.59 Å². The number of hydrogen-bond donors (Lipinski definition) is 2. The highest BCUT2D eigenvalue weighted by atomic mass is 16.7. The van der Waals surface area contributed by atoms with Crippen molar-refractivity contribution < 1.29 is 19.1 Å². The fourth-order valence-electron chi connectivity index (χ4n) is 3.79. The summed E-state index contributed by atoms with van der Waals surface area (Å²) in [7, 11) is 0. The molecule has 33 heavy (non-hydrogen) atoms. The summed E-state index contributed by atoms with van der Waals surface area (Å²) in [6, 6.07) is 12.5. The molecule has 2 heterocycles. The molecule has 8 nitrogen and oxygen atoms in total. The largest absolute Gasteiger partial charge is 0.454 e. The normalized spacial score (nSPS) is 13.8. The first-order chi connectivity index (χ1) is 15.8. The first-order valence-electron chi connectivity index (χ1n) is 11.0. The van der Waals surface area contributed by atoms with Gasteiger partial charge in [0.05, 0.1) is 6.21 Å². The van der Waals surface area contributed by atoms with Crippen molar-refractivity contribution in [2.24, 2.45) is 11.0 Å². The highest BCUT2D eigenvalue weighted by Crippen LogP contribution is 2.32. The van der Waals surface area contributed by atoms with E-state index in [0.717, 1.165) is 16.5 Å². The molecular formula is C25H28N4O4. The second-order valence-electron chi connectivity index (χ2n) is 8.60. The monoisotopic (exact) mass is 448 g/mol. The van der Waals surface area contributed by atoms with Crippen LogP contribution in [-0.4, -0.2) is 35.4 Å². The molecule has 0 saturated carbocycles. The molecular weight excluding hydrogens is 420 g/mol. The van der Waals surface area contributed by atoms with Crippen molar-refractivity contribution in [1.29, 1.82) is 0 Å². The maximum absolute atomic E-state index is 12.8. The number of nitrogens with zero attached hydrogens (tertiary/aromatic N) is 2. The van der Waals surface area contributed by atoms with E-state index < -0.39 is 6.04 Å². The van der Waals surface area contributed by atoms with Gasteiger partial charge in [0, 0.05) is 34.3 Å². The van der Waals surface area contributed by atoms with Crippen molar-refractivity contribution in [1.82, 2.24) is 15.3 Å². The number of hydrazone groups is 1. The van der Waals surface area contributed by atoms with Gasteiger partial charge in [0.15, 0.2) is 11.5 Å². The molecule has 2 N–H and O–H groups in total. The average Bonchev–Trinajstić information content (AvgIpc) is 3.41. The Labute approximate surface area is 192 Å². The van der Waals surface area contributed by atoms with Gasteiger partial charge in [-0.15, -0.1) is 0 Å². The van der Waals surface area contributed by atoms with E-state index in [1.165, 1.54) is 0 Å². The Morgan fingerprint density at radius 1 is 1.06 bits per heavy atom. The molecule has 4 rings (SSSR count). The number of ether oxygens (including phenoxy) is 2. The average molecular weight is 449 g/mol. The van der Waals surface area contributed by atoms with Crippen LogP contribution < -0.4 is 20.2 Å². The predicted octanol–water partition coefficient (Wildman–Crippen LogP) is 3.86. The van der Waals surface area contributed by atoms with Crippen LogP contribution in [0, 0.1) is 5.92 Å². The summed E-state index contributed by atoms with van der Waals surface area (Å²) in [5, 5.41) is 8.02. The molecule has 1 aliphatic heterocycles. The van der Waals surface area contributed by atoms with Gasteiger partial charge < -0.3 is 19.4 Å². The molecule has 8 heteroatoms. The van der Waals surface area contributed by atoms with Crippen LogP contribution in [-0.2, 0) is 4.79 Å². The highest BCUT2D eigenvalue weighted by Gasteiger charge is 2.25. The number of hydrogen-bond acceptors (Lipinski definition) is 5. The van der Waals surface area contributed by atoms with Crippen LogP contribution in [0.3, 0.4) is 0 Å². The Kier molecular flexibility index (Phi) is 6.35. The quantitative estimate of drug-likeness (QED) is 0.424. The highest BCUT2D eigenvalue weighted by molar-refractivity contribution is 6.00. The van der Waals surface area contributed by atoms with Crippen LogP contribution in [0.5, 0.6) is 11.5 Å². The van der Waals surface area contributed by atoms with E-state index in [0.29, 0.717) is 23.1 Å². The minimum absolute atomic E-state index is 0.130. The summed E-state index contributed by atoms with van der Waals surface area (Å²) in [5.74, 6) is 0.214. The smallest absolute Gasteiger partial charge is 0.262 e. The molecule has 1 aliphatic rings. The third kappa shape index (κ3) is 4.69. The van der Waals surface area contributed by atoms with Crippen LogP contribution in [0.2, 0.25) is 0 Å². The zero-order chi connectivity index (χ0) is 23.5. The summed E-state index contributed by atoms with van der Waals surface area (Å²) < 4.78 is 12.8. The van der Waals surface area contributed by atoms with E-state index in [-0.39, 0.29) is 24.5 Å². The molecule has 172 valence electrons. The number of para-hydroxylation sites is 1. The molecule has 2 amide bonds. The number of benzene rings is 2. The summed E-state index contributed by atoms with van der Waals surface area (Å²) in [5.41, 5.74) is 4.98. The third-order valence-corrected chi connectivity index (χ3v) is 5.58. The summed E-state index contributed by atoms with van der Waals surface area (Å²) in [6.45, 7) is 8.09. The Bertz CT molecular complexity index is 1210. The van der Waals surface area contributed by atoms with Gasteiger partial charge in [-0.25, -0.2) is 5.43 Å². The van der Waals surface area contributed by atoms with Crippen LogP contribution in [0.15, 0.2) is 53.8 Å². The fraction of sp³-hybridized carbons (Fsp3) is 0.320. The Balaban J connectivity index is 1.45. The van der Waals surface area contributed by atoms with Crippen molar-refractivity contribution in [3.05, 3.63) is 59.8 Å². The first-order valence-corrected chi connectivity index (χ1v) is 11.0. The van der Waals surface area contributed by atoms with Crippen LogP contribution in [0.4, 0.5) is 0 Å². The molecule has 0 bridgehead atoms. The van der Waals surface area contributed by atoms with E-state index in [1.807, 2.05) is 38.2 Å². The van der Waals surface area contributed by atoms with Gasteiger partial charge in [-0.3, -0.25) is 9.59 Å². The van der Waals surface area contributed by atoms with Gasteiger partial charge in [0.1, 0.15) is 6.04 Å². The number of nitrogens with one attached hydrogen (secondary N) is 2. The summed E-state index contributed by atoms with van der Waals surface area (Å²) in [6.07, 6.45) is 3.66. The number of rotatable bonds is 7. The Hall–Kier alpha value is -3.81. The van der Waals surface area contributed by atoms with E-state index in [1.54, 1.807) is 24.4 Å². The number of amides is 2. The van der Waals surface area contributed by atoms with Gasteiger partial charge in [0.2, 0.25) is 6.79 Å². The lowest BCUT2D eigenvalue weighted by Crippen LogP contribution is -2.48. The molecule has 3 aromatic rings. The molecule has 1 unspecified atom stereocenters. The number of fused-ring (bicyclic) bond motifs is 2.